The molecule has 10 heavy (non-hydrogen) atoms. The van der Waals surface area contributed by atoms with Crippen LogP contribution >= 0.6 is 0 Å². The second kappa shape index (κ2) is 3.83. The zero-order chi connectivity index (χ0) is 7.23. The van der Waals surface area contributed by atoms with Gasteiger partial charge in [0.1, 0.15) is 0 Å². The van der Waals surface area contributed by atoms with Crippen LogP contribution < -0.4 is 0 Å². The molecule has 0 aliphatic rings. The lowest BCUT2D eigenvalue weighted by Crippen LogP contribution is -1.83. The van der Waals surface area contributed by atoms with E-state index in [-0.39, 0.29) is 0 Å². The van der Waals surface area contributed by atoms with Crippen LogP contribution in [0.5, 0.6) is 0 Å². The molecule has 0 bridgehead atoms. The minimum atomic E-state index is 0.504. The minimum Gasteiger partial charge on any atom is -0.542 e. The Bertz CT molecular complexity index is 191. The first-order valence-corrected chi connectivity index (χ1v) is 3.32. The van der Waals surface area contributed by atoms with Crippen molar-refractivity contribution in [3.05, 3.63) is 35.9 Å². The molecule has 0 aliphatic carbocycles. The van der Waals surface area contributed by atoms with Crippen LogP contribution in [0.1, 0.15) is 12.0 Å². The molecule has 1 aromatic rings. The molecule has 0 atom stereocenters. The third kappa shape index (κ3) is 2.02. The lowest BCUT2D eigenvalue weighted by Gasteiger charge is -1.98. The van der Waals surface area contributed by atoms with Gasteiger partial charge in [-0.1, -0.05) is 42.3 Å². The number of carbonyl (C=O) groups excluding carboxylic acids is 1. The number of aryl methyl sites for hydroxylation is 1. The highest BCUT2D eigenvalue weighted by molar-refractivity contribution is 5.51. The first-order valence-electron chi connectivity index (χ1n) is 3.32. The van der Waals surface area contributed by atoms with Crippen molar-refractivity contribution in [1.29, 1.82) is 0 Å². The van der Waals surface area contributed by atoms with Crippen molar-refractivity contribution in [3.8, 4) is 0 Å². The average Bonchev–Trinajstić information content (AvgIpc) is 2.03. The van der Waals surface area contributed by atoms with Gasteiger partial charge in [0.15, 0.2) is 0 Å². The molecule has 1 aromatic carbocycles. The molecule has 0 unspecified atom stereocenters. The van der Waals surface area contributed by atoms with E-state index in [1.54, 1.807) is 0 Å². The molecule has 1 heteroatoms. The van der Waals surface area contributed by atoms with E-state index in [0.717, 1.165) is 6.42 Å². The smallest absolute Gasteiger partial charge is 0.0503 e. The van der Waals surface area contributed by atoms with E-state index in [1.165, 1.54) is 5.56 Å². The Labute approximate surface area is 60.7 Å². The highest BCUT2D eigenvalue weighted by Crippen LogP contribution is 2.00. The monoisotopic (exact) mass is 133 g/mol. The summed E-state index contributed by atoms with van der Waals surface area (Å²) in [6.07, 6.45) is 3.18. The first-order chi connectivity index (χ1) is 4.93. The summed E-state index contributed by atoms with van der Waals surface area (Å²) in [5.41, 5.74) is 1.20. The molecular weight excluding hydrogens is 124 g/mol. The molecule has 0 aliphatic heterocycles. The fraction of sp³-hybridized carbons (Fsp3) is 0.222. The molecule has 0 saturated carbocycles. The van der Waals surface area contributed by atoms with Crippen molar-refractivity contribution in [1.82, 2.24) is 0 Å². The van der Waals surface area contributed by atoms with Crippen LogP contribution in [-0.2, 0) is 11.2 Å². The second-order valence-corrected chi connectivity index (χ2v) is 2.13. The van der Waals surface area contributed by atoms with Crippen LogP contribution in [0.25, 0.3) is 0 Å². The quantitative estimate of drug-likeness (QED) is 0.574. The van der Waals surface area contributed by atoms with Gasteiger partial charge in [0, 0.05) is 0 Å². The molecule has 0 spiro atoms. The lowest BCUT2D eigenvalue weighted by molar-refractivity contribution is 0.551. The molecular formula is C9H9O-. The maximum absolute atomic E-state index is 9.85. The SMILES string of the molecule is O=[C-]CCc1ccccc1. The molecule has 52 valence electrons. The fourth-order valence-electron chi connectivity index (χ4n) is 0.840. The van der Waals surface area contributed by atoms with Crippen LogP contribution in [0.3, 0.4) is 0 Å². The van der Waals surface area contributed by atoms with E-state index in [0.29, 0.717) is 6.42 Å². The van der Waals surface area contributed by atoms with Gasteiger partial charge >= 0.3 is 0 Å². The molecule has 0 N–H and O–H groups in total. The van der Waals surface area contributed by atoms with E-state index in [4.69, 9.17) is 0 Å². The highest BCUT2D eigenvalue weighted by atomic mass is 16.1. The van der Waals surface area contributed by atoms with Gasteiger partial charge in [-0.05, 0) is 0 Å². The Morgan fingerprint density at radius 2 is 1.90 bits per heavy atom. The molecule has 0 aromatic heterocycles. The molecule has 1 nitrogen and oxygen atoms in total. The molecule has 0 saturated heterocycles. The standard InChI is InChI=1S/C9H9O/c10-8-4-7-9-5-2-1-3-6-9/h1-3,5-6H,4,7H2/q-1. The largest absolute Gasteiger partial charge is 0.542 e. The zero-order valence-corrected chi connectivity index (χ0v) is 5.71. The molecule has 0 heterocycles. The summed E-state index contributed by atoms with van der Waals surface area (Å²) >= 11 is 0. The predicted octanol–water partition coefficient (Wildman–Crippen LogP) is 1.73. The summed E-state index contributed by atoms with van der Waals surface area (Å²) in [5, 5.41) is 0. The summed E-state index contributed by atoms with van der Waals surface area (Å²) in [4.78, 5) is 9.85. The van der Waals surface area contributed by atoms with Gasteiger partial charge in [-0.3, -0.25) is 6.29 Å². The zero-order valence-electron chi connectivity index (χ0n) is 5.71. The number of benzene rings is 1. The Kier molecular flexibility index (Phi) is 2.68. The Hall–Kier alpha value is -1.11. The van der Waals surface area contributed by atoms with Gasteiger partial charge in [0.25, 0.3) is 0 Å². The van der Waals surface area contributed by atoms with Crippen molar-refractivity contribution in [2.75, 3.05) is 0 Å². The van der Waals surface area contributed by atoms with E-state index >= 15 is 0 Å². The van der Waals surface area contributed by atoms with Crippen LogP contribution in [0.2, 0.25) is 0 Å². The lowest BCUT2D eigenvalue weighted by atomic mass is 10.1. The van der Waals surface area contributed by atoms with Gasteiger partial charge in [-0.15, -0.1) is 6.42 Å². The topological polar surface area (TPSA) is 17.1 Å². The highest BCUT2D eigenvalue weighted by Gasteiger charge is 1.82. The van der Waals surface area contributed by atoms with E-state index in [9.17, 15) is 4.79 Å². The third-order valence-corrected chi connectivity index (χ3v) is 1.36. The van der Waals surface area contributed by atoms with E-state index in [2.05, 4.69) is 0 Å². The summed E-state index contributed by atoms with van der Waals surface area (Å²) in [6.45, 7) is 0. The molecule has 0 amide bonds. The van der Waals surface area contributed by atoms with Crippen LogP contribution in [0.4, 0.5) is 0 Å². The van der Waals surface area contributed by atoms with Crippen molar-refractivity contribution < 1.29 is 4.79 Å². The van der Waals surface area contributed by atoms with Crippen LogP contribution in [0, 0.1) is 0 Å². The van der Waals surface area contributed by atoms with E-state index in [1.807, 2.05) is 36.6 Å². The Morgan fingerprint density at radius 1 is 1.20 bits per heavy atom. The summed E-state index contributed by atoms with van der Waals surface area (Å²) in [5.74, 6) is 0. The summed E-state index contributed by atoms with van der Waals surface area (Å²) < 4.78 is 0. The summed E-state index contributed by atoms with van der Waals surface area (Å²) in [6, 6.07) is 9.93. The second-order valence-electron chi connectivity index (χ2n) is 2.13. The number of rotatable bonds is 3. The van der Waals surface area contributed by atoms with Crippen molar-refractivity contribution in [2.24, 2.45) is 0 Å². The summed E-state index contributed by atoms with van der Waals surface area (Å²) in [7, 11) is 0. The molecule has 0 fully saturated rings. The van der Waals surface area contributed by atoms with Crippen molar-refractivity contribution >= 4 is 6.29 Å². The van der Waals surface area contributed by atoms with Gasteiger partial charge in [0.05, 0.1) is 0 Å². The maximum Gasteiger partial charge on any atom is -0.0503 e. The minimum absolute atomic E-state index is 0.504. The van der Waals surface area contributed by atoms with Gasteiger partial charge < -0.3 is 4.79 Å². The first kappa shape index (κ1) is 7.00. The van der Waals surface area contributed by atoms with Gasteiger partial charge in [0.2, 0.25) is 0 Å². The third-order valence-electron chi connectivity index (χ3n) is 1.36. The Balaban J connectivity index is 2.50. The Morgan fingerprint density at radius 3 is 2.50 bits per heavy atom. The van der Waals surface area contributed by atoms with Crippen molar-refractivity contribution in [2.45, 2.75) is 12.8 Å². The van der Waals surface area contributed by atoms with E-state index < -0.39 is 0 Å². The molecule has 1 rings (SSSR count). The van der Waals surface area contributed by atoms with Gasteiger partial charge in [-0.25, -0.2) is 0 Å². The number of hydrogen-bond donors (Lipinski definition) is 0. The molecule has 0 radical (unpaired) electrons. The van der Waals surface area contributed by atoms with Crippen LogP contribution in [-0.4, -0.2) is 6.29 Å². The maximum atomic E-state index is 9.85. The number of hydrogen-bond acceptors (Lipinski definition) is 1. The predicted molar refractivity (Wildman–Crippen MR) is 40.5 cm³/mol. The average molecular weight is 133 g/mol. The normalized spacial score (nSPS) is 9.20. The van der Waals surface area contributed by atoms with Crippen LogP contribution in [0.15, 0.2) is 30.3 Å². The fourth-order valence-corrected chi connectivity index (χ4v) is 0.840. The van der Waals surface area contributed by atoms with Crippen molar-refractivity contribution in [3.63, 3.8) is 0 Å². The van der Waals surface area contributed by atoms with Gasteiger partial charge in [-0.2, -0.15) is 0 Å².